The van der Waals surface area contributed by atoms with Gasteiger partial charge in [-0.2, -0.15) is 0 Å². The lowest BCUT2D eigenvalue weighted by molar-refractivity contribution is 0.233. The Morgan fingerprint density at radius 1 is 1.24 bits per heavy atom. The molecule has 17 heavy (non-hydrogen) atoms. The molecule has 0 fully saturated rings. The van der Waals surface area contributed by atoms with E-state index >= 15 is 0 Å². The maximum absolute atomic E-state index is 5.81. The van der Waals surface area contributed by atoms with E-state index in [0.717, 1.165) is 18.8 Å². The standard InChI is InChI=1S/C15H23NO/c1-15(2,11-16)8-9-17-14-7-6-12-4-3-5-13(12)10-14/h6-7,10H,3-5,8-9,11,16H2,1-2H3. The van der Waals surface area contributed by atoms with E-state index < -0.39 is 0 Å². The van der Waals surface area contributed by atoms with Crippen LogP contribution in [0.4, 0.5) is 0 Å². The number of hydrogen-bond donors (Lipinski definition) is 1. The van der Waals surface area contributed by atoms with E-state index in [-0.39, 0.29) is 5.41 Å². The molecule has 0 radical (unpaired) electrons. The molecule has 0 aliphatic heterocycles. The molecule has 1 aromatic rings. The molecule has 0 spiro atoms. The predicted molar refractivity (Wildman–Crippen MR) is 71.4 cm³/mol. The molecule has 0 aromatic heterocycles. The minimum Gasteiger partial charge on any atom is -0.494 e. The van der Waals surface area contributed by atoms with Gasteiger partial charge in [-0.25, -0.2) is 0 Å². The molecule has 1 aliphatic rings. The molecule has 1 aromatic carbocycles. The molecule has 0 saturated heterocycles. The Balaban J connectivity index is 1.88. The molecule has 0 atom stereocenters. The van der Waals surface area contributed by atoms with Gasteiger partial charge < -0.3 is 10.5 Å². The lowest BCUT2D eigenvalue weighted by atomic mass is 9.90. The second kappa shape index (κ2) is 5.09. The SMILES string of the molecule is CC(C)(CN)CCOc1ccc2c(c1)CCC2. The highest BCUT2D eigenvalue weighted by atomic mass is 16.5. The summed E-state index contributed by atoms with van der Waals surface area (Å²) in [5.74, 6) is 1.01. The number of ether oxygens (including phenoxy) is 1. The summed E-state index contributed by atoms with van der Waals surface area (Å²) in [6.45, 7) is 5.82. The number of rotatable bonds is 5. The Hall–Kier alpha value is -1.02. The first-order chi connectivity index (χ1) is 8.11. The molecule has 0 saturated carbocycles. The van der Waals surface area contributed by atoms with Gasteiger partial charge in [-0.1, -0.05) is 19.9 Å². The molecule has 94 valence electrons. The summed E-state index contributed by atoms with van der Waals surface area (Å²) < 4.78 is 5.81. The monoisotopic (exact) mass is 233 g/mol. The molecule has 2 rings (SSSR count). The first kappa shape index (κ1) is 12.4. The van der Waals surface area contributed by atoms with Crippen LogP contribution in [-0.4, -0.2) is 13.2 Å². The van der Waals surface area contributed by atoms with Crippen LogP contribution in [0, 0.1) is 5.41 Å². The van der Waals surface area contributed by atoms with Gasteiger partial charge in [0.25, 0.3) is 0 Å². The Morgan fingerprint density at radius 3 is 2.76 bits per heavy atom. The van der Waals surface area contributed by atoms with E-state index in [1.807, 2.05) is 0 Å². The molecule has 0 heterocycles. The van der Waals surface area contributed by atoms with Gasteiger partial charge >= 0.3 is 0 Å². The number of fused-ring (bicyclic) bond motifs is 1. The lowest BCUT2D eigenvalue weighted by Gasteiger charge is -2.22. The average Bonchev–Trinajstić information content (AvgIpc) is 2.76. The van der Waals surface area contributed by atoms with Crippen LogP contribution >= 0.6 is 0 Å². The fourth-order valence-electron chi connectivity index (χ4n) is 2.19. The Morgan fingerprint density at radius 2 is 2.00 bits per heavy atom. The molecule has 2 N–H and O–H groups in total. The molecule has 0 unspecified atom stereocenters. The van der Waals surface area contributed by atoms with Crippen LogP contribution in [0.5, 0.6) is 5.75 Å². The topological polar surface area (TPSA) is 35.2 Å². The van der Waals surface area contributed by atoms with Crippen LogP contribution in [0.1, 0.15) is 37.8 Å². The summed E-state index contributed by atoms with van der Waals surface area (Å²) >= 11 is 0. The summed E-state index contributed by atoms with van der Waals surface area (Å²) in [5, 5.41) is 0. The van der Waals surface area contributed by atoms with Gasteiger partial charge in [-0.15, -0.1) is 0 Å². The Bertz CT molecular complexity index is 385. The third-order valence-corrected chi connectivity index (χ3v) is 3.67. The van der Waals surface area contributed by atoms with Crippen molar-refractivity contribution in [1.29, 1.82) is 0 Å². The fourth-order valence-corrected chi connectivity index (χ4v) is 2.19. The average molecular weight is 233 g/mol. The molecule has 1 aliphatic carbocycles. The van der Waals surface area contributed by atoms with E-state index in [2.05, 4.69) is 32.0 Å². The number of nitrogens with two attached hydrogens (primary N) is 1. The van der Waals surface area contributed by atoms with Crippen molar-refractivity contribution in [2.45, 2.75) is 39.5 Å². The van der Waals surface area contributed by atoms with Crippen LogP contribution in [-0.2, 0) is 12.8 Å². The lowest BCUT2D eigenvalue weighted by Crippen LogP contribution is -2.25. The van der Waals surface area contributed by atoms with E-state index in [1.165, 1.54) is 30.4 Å². The predicted octanol–water partition coefficient (Wildman–Crippen LogP) is 2.93. The zero-order chi connectivity index (χ0) is 12.3. The molecule has 0 amide bonds. The van der Waals surface area contributed by atoms with Crippen molar-refractivity contribution in [3.05, 3.63) is 29.3 Å². The van der Waals surface area contributed by atoms with Crippen LogP contribution in [0.3, 0.4) is 0 Å². The van der Waals surface area contributed by atoms with Crippen molar-refractivity contribution in [3.8, 4) is 5.75 Å². The largest absolute Gasteiger partial charge is 0.494 e. The fraction of sp³-hybridized carbons (Fsp3) is 0.600. The van der Waals surface area contributed by atoms with Crippen molar-refractivity contribution >= 4 is 0 Å². The highest BCUT2D eigenvalue weighted by Gasteiger charge is 2.16. The summed E-state index contributed by atoms with van der Waals surface area (Å²) in [6.07, 6.45) is 4.73. The first-order valence-electron chi connectivity index (χ1n) is 6.55. The number of aryl methyl sites for hydroxylation is 2. The third-order valence-electron chi connectivity index (χ3n) is 3.67. The summed E-state index contributed by atoms with van der Waals surface area (Å²) in [4.78, 5) is 0. The molecular weight excluding hydrogens is 210 g/mol. The van der Waals surface area contributed by atoms with Crippen molar-refractivity contribution in [2.24, 2.45) is 11.1 Å². The third kappa shape index (κ3) is 3.22. The smallest absolute Gasteiger partial charge is 0.119 e. The second-order valence-corrected chi connectivity index (χ2v) is 5.75. The van der Waals surface area contributed by atoms with E-state index in [0.29, 0.717) is 6.54 Å². The second-order valence-electron chi connectivity index (χ2n) is 5.75. The van der Waals surface area contributed by atoms with Crippen LogP contribution in [0.2, 0.25) is 0 Å². The summed E-state index contributed by atoms with van der Waals surface area (Å²) in [6, 6.07) is 6.52. The minimum absolute atomic E-state index is 0.177. The van der Waals surface area contributed by atoms with Gasteiger partial charge in [0.2, 0.25) is 0 Å². The van der Waals surface area contributed by atoms with Crippen molar-refractivity contribution in [2.75, 3.05) is 13.2 Å². The molecule has 2 nitrogen and oxygen atoms in total. The first-order valence-corrected chi connectivity index (χ1v) is 6.55. The van der Waals surface area contributed by atoms with Crippen molar-refractivity contribution < 1.29 is 4.74 Å². The van der Waals surface area contributed by atoms with Crippen LogP contribution < -0.4 is 10.5 Å². The van der Waals surface area contributed by atoms with Gasteiger partial charge in [0.1, 0.15) is 5.75 Å². The van der Waals surface area contributed by atoms with Gasteiger partial charge in [0, 0.05) is 0 Å². The van der Waals surface area contributed by atoms with E-state index in [9.17, 15) is 0 Å². The highest BCUT2D eigenvalue weighted by molar-refractivity contribution is 5.38. The molecule has 0 bridgehead atoms. The maximum Gasteiger partial charge on any atom is 0.119 e. The van der Waals surface area contributed by atoms with Gasteiger partial charge in [-0.3, -0.25) is 0 Å². The minimum atomic E-state index is 0.177. The summed E-state index contributed by atoms with van der Waals surface area (Å²) in [7, 11) is 0. The Kier molecular flexibility index (Phi) is 3.72. The van der Waals surface area contributed by atoms with Gasteiger partial charge in [-0.05, 0) is 60.9 Å². The molecular formula is C15H23NO. The zero-order valence-electron chi connectivity index (χ0n) is 11.0. The van der Waals surface area contributed by atoms with Crippen LogP contribution in [0.25, 0.3) is 0 Å². The van der Waals surface area contributed by atoms with Crippen molar-refractivity contribution in [1.82, 2.24) is 0 Å². The molecule has 2 heteroatoms. The summed E-state index contributed by atoms with van der Waals surface area (Å²) in [5.41, 5.74) is 8.85. The normalized spacial score (nSPS) is 14.8. The van der Waals surface area contributed by atoms with Crippen molar-refractivity contribution in [3.63, 3.8) is 0 Å². The van der Waals surface area contributed by atoms with E-state index in [1.54, 1.807) is 0 Å². The van der Waals surface area contributed by atoms with Crippen LogP contribution in [0.15, 0.2) is 18.2 Å². The number of hydrogen-bond acceptors (Lipinski definition) is 2. The quantitative estimate of drug-likeness (QED) is 0.848. The van der Waals surface area contributed by atoms with E-state index in [4.69, 9.17) is 10.5 Å². The number of benzene rings is 1. The zero-order valence-corrected chi connectivity index (χ0v) is 11.0. The van der Waals surface area contributed by atoms with Gasteiger partial charge in [0.15, 0.2) is 0 Å². The van der Waals surface area contributed by atoms with Gasteiger partial charge in [0.05, 0.1) is 6.61 Å². The highest BCUT2D eigenvalue weighted by Crippen LogP contribution is 2.26. The Labute approximate surface area is 104 Å². The maximum atomic E-state index is 5.81.